The fraction of sp³-hybridized carbons (Fsp3) is 0.474. The van der Waals surface area contributed by atoms with Gasteiger partial charge >= 0.3 is 6.09 Å². The molecule has 274 valence electrons. The van der Waals surface area contributed by atoms with Crippen LogP contribution >= 0.6 is 0 Å². The van der Waals surface area contributed by atoms with E-state index in [2.05, 4.69) is 70.4 Å². The maximum absolute atomic E-state index is 12.8. The lowest BCUT2D eigenvalue weighted by Gasteiger charge is -2.27. The van der Waals surface area contributed by atoms with E-state index in [0.717, 1.165) is 39.3 Å². The lowest BCUT2D eigenvalue weighted by Crippen LogP contribution is -2.40. The molecule has 2 aromatic heterocycles. The molecule has 1 aliphatic heterocycles. The van der Waals surface area contributed by atoms with E-state index in [-0.39, 0.29) is 17.4 Å². The second-order valence-electron chi connectivity index (χ2n) is 15.0. The van der Waals surface area contributed by atoms with Gasteiger partial charge in [0.05, 0.1) is 37.2 Å². The maximum Gasteiger partial charge on any atom is 0.410 e. The number of fused-ring (bicyclic) bond motifs is 1. The van der Waals surface area contributed by atoms with E-state index in [4.69, 9.17) is 19.2 Å². The molecule has 0 spiro atoms. The average Bonchev–Trinajstić information content (AvgIpc) is 3.29. The minimum absolute atomic E-state index is 0.0520. The number of ether oxygens (including phenoxy) is 3. The average molecular weight is 718 g/mol. The molecule has 3 heterocycles. The molecule has 4 aromatic rings. The van der Waals surface area contributed by atoms with E-state index in [1.165, 1.54) is 6.33 Å². The molecule has 0 saturated carbocycles. The van der Waals surface area contributed by atoms with Gasteiger partial charge in [-0.1, -0.05) is 32.9 Å². The lowest BCUT2D eigenvalue weighted by atomic mass is 9.86. The van der Waals surface area contributed by atoms with Gasteiger partial charge in [-0.15, -0.1) is 0 Å². The van der Waals surface area contributed by atoms with E-state index in [1.54, 1.807) is 18.3 Å². The number of nitrogens with one attached hydrogen (secondary N) is 3. The van der Waals surface area contributed by atoms with Crippen molar-refractivity contribution in [3.05, 3.63) is 71.2 Å². The molecule has 12 nitrogen and oxygen atoms in total. The Kier molecular flexibility index (Phi) is 11.7. The van der Waals surface area contributed by atoms with E-state index < -0.39 is 16.6 Å². The summed E-state index contributed by atoms with van der Waals surface area (Å²) in [6.45, 7) is 16.6. The zero-order valence-corrected chi connectivity index (χ0v) is 32.0. The summed E-state index contributed by atoms with van der Waals surface area (Å²) < 4.78 is 32.4. The van der Waals surface area contributed by atoms with Gasteiger partial charge < -0.3 is 34.5 Å². The van der Waals surface area contributed by atoms with Crippen LogP contribution in [0.3, 0.4) is 0 Å². The normalized spacial score (nSPS) is 15.9. The zero-order valence-electron chi connectivity index (χ0n) is 31.2. The van der Waals surface area contributed by atoms with Crippen molar-refractivity contribution in [3.63, 3.8) is 0 Å². The molecule has 5 rings (SSSR count). The number of nitrogens with zero attached hydrogens (tertiary/aromatic N) is 4. The Morgan fingerprint density at radius 1 is 1.04 bits per heavy atom. The fourth-order valence-corrected chi connectivity index (χ4v) is 6.32. The summed E-state index contributed by atoms with van der Waals surface area (Å²) >= 11 is 0. The lowest BCUT2D eigenvalue weighted by molar-refractivity contribution is 0.0233. The summed E-state index contributed by atoms with van der Waals surface area (Å²) in [5.74, 6) is 1.26. The minimum atomic E-state index is -1.26. The largest absolute Gasteiger partial charge is 0.492 e. The topological polar surface area (TPSA) is 140 Å². The van der Waals surface area contributed by atoms with Crippen LogP contribution in [0.5, 0.6) is 5.75 Å². The molecule has 1 amide bonds. The molecule has 13 heteroatoms. The van der Waals surface area contributed by atoms with Crippen LogP contribution in [0.4, 0.5) is 27.7 Å². The van der Waals surface area contributed by atoms with Crippen molar-refractivity contribution in [2.24, 2.45) is 5.92 Å². The molecule has 0 bridgehead atoms. The number of hydrogen-bond acceptors (Lipinski definition) is 10. The van der Waals surface area contributed by atoms with Crippen LogP contribution in [-0.4, -0.2) is 75.4 Å². The van der Waals surface area contributed by atoms with Gasteiger partial charge in [0.1, 0.15) is 28.4 Å². The molecular weight excluding hydrogens is 667 g/mol. The van der Waals surface area contributed by atoms with Crippen LogP contribution in [0.25, 0.3) is 11.0 Å². The Morgan fingerprint density at radius 3 is 2.51 bits per heavy atom. The fourth-order valence-electron chi connectivity index (χ4n) is 5.86. The third-order valence-corrected chi connectivity index (χ3v) is 8.98. The minimum Gasteiger partial charge on any atom is -0.492 e. The van der Waals surface area contributed by atoms with Gasteiger partial charge in [-0.25, -0.2) is 24.0 Å². The predicted octanol–water partition coefficient (Wildman–Crippen LogP) is 7.13. The van der Waals surface area contributed by atoms with Crippen LogP contribution in [-0.2, 0) is 38.8 Å². The van der Waals surface area contributed by atoms with Crippen LogP contribution < -0.4 is 20.1 Å². The molecule has 3 N–H and O–H groups in total. The van der Waals surface area contributed by atoms with Crippen LogP contribution in [0.2, 0.25) is 0 Å². The van der Waals surface area contributed by atoms with Gasteiger partial charge in [0.15, 0.2) is 11.6 Å². The first-order valence-electron chi connectivity index (χ1n) is 17.2. The van der Waals surface area contributed by atoms with Crippen LogP contribution in [0, 0.1) is 12.8 Å². The second-order valence-corrected chi connectivity index (χ2v) is 16.1. The van der Waals surface area contributed by atoms with Gasteiger partial charge in [-0.3, -0.25) is 0 Å². The second kappa shape index (κ2) is 15.8. The Hall–Kier alpha value is -4.49. The third-order valence-electron chi connectivity index (χ3n) is 8.48. The SMILES string of the molecule is COc1c(NCc2ccc(C)c(Nc3ncnc4ccc(CC5COCCN(C(=O)OC(C)(C)C)C5)nc34)c2)cc(C(C)(C)C)cc1NS(C)=O. The number of rotatable bonds is 10. The molecule has 1 aliphatic rings. The molecule has 51 heavy (non-hydrogen) atoms. The van der Waals surface area contributed by atoms with Crippen molar-refractivity contribution in [2.45, 2.75) is 72.4 Å². The summed E-state index contributed by atoms with van der Waals surface area (Å²) in [4.78, 5) is 28.6. The monoisotopic (exact) mass is 717 g/mol. The number of aryl methyl sites for hydroxylation is 1. The molecule has 0 radical (unpaired) electrons. The van der Waals surface area contributed by atoms with Crippen LogP contribution in [0.1, 0.15) is 63.9 Å². The van der Waals surface area contributed by atoms with Crippen molar-refractivity contribution in [2.75, 3.05) is 55.0 Å². The first-order valence-corrected chi connectivity index (χ1v) is 18.7. The Morgan fingerprint density at radius 2 is 1.80 bits per heavy atom. The van der Waals surface area contributed by atoms with E-state index in [1.807, 2.05) is 45.9 Å². The van der Waals surface area contributed by atoms with Gasteiger partial charge in [0.25, 0.3) is 0 Å². The first-order chi connectivity index (χ1) is 24.1. The van der Waals surface area contributed by atoms with Gasteiger partial charge in [-0.05, 0) is 86.6 Å². The quantitative estimate of drug-likeness (QED) is 0.155. The number of carbonyl (C=O) groups excluding carboxylic acids is 1. The maximum atomic E-state index is 12.8. The van der Waals surface area contributed by atoms with Gasteiger partial charge in [0.2, 0.25) is 0 Å². The number of pyridine rings is 1. The molecule has 1 saturated heterocycles. The number of carbonyl (C=O) groups is 1. The number of aromatic nitrogens is 3. The van der Waals surface area contributed by atoms with E-state index in [0.29, 0.717) is 62.0 Å². The molecule has 0 aliphatic carbocycles. The molecule has 2 atom stereocenters. The smallest absolute Gasteiger partial charge is 0.410 e. The summed E-state index contributed by atoms with van der Waals surface area (Å²) in [5.41, 5.74) is 7.09. The number of hydrogen-bond donors (Lipinski definition) is 3. The number of anilines is 4. The molecule has 1 fully saturated rings. The highest BCUT2D eigenvalue weighted by atomic mass is 32.2. The van der Waals surface area contributed by atoms with Crippen molar-refractivity contribution in [1.82, 2.24) is 19.9 Å². The zero-order chi connectivity index (χ0) is 36.9. The van der Waals surface area contributed by atoms with E-state index in [9.17, 15) is 9.00 Å². The Bertz CT molecular complexity index is 1890. The van der Waals surface area contributed by atoms with Gasteiger partial charge in [-0.2, -0.15) is 0 Å². The van der Waals surface area contributed by atoms with E-state index >= 15 is 0 Å². The molecule has 2 aromatic carbocycles. The third kappa shape index (κ3) is 10.1. The molecular formula is C38H51N7O5S. The van der Waals surface area contributed by atoms with Crippen molar-refractivity contribution >= 4 is 51.0 Å². The Balaban J connectivity index is 1.35. The van der Waals surface area contributed by atoms with Crippen molar-refractivity contribution < 1.29 is 23.2 Å². The van der Waals surface area contributed by atoms with Crippen molar-refractivity contribution in [3.8, 4) is 5.75 Å². The number of amides is 1. The van der Waals surface area contributed by atoms with Gasteiger partial charge in [0, 0.05) is 43.2 Å². The van der Waals surface area contributed by atoms with Crippen LogP contribution in [0.15, 0.2) is 48.8 Å². The predicted molar refractivity (Wildman–Crippen MR) is 204 cm³/mol. The number of methoxy groups -OCH3 is 1. The number of benzene rings is 2. The highest BCUT2D eigenvalue weighted by Gasteiger charge is 2.27. The summed E-state index contributed by atoms with van der Waals surface area (Å²) in [6, 6.07) is 14.3. The summed E-state index contributed by atoms with van der Waals surface area (Å²) in [5, 5.41) is 7.06. The summed E-state index contributed by atoms with van der Waals surface area (Å²) in [7, 11) is 0.350. The molecule has 2 unspecified atom stereocenters. The van der Waals surface area contributed by atoms with Crippen molar-refractivity contribution in [1.29, 1.82) is 0 Å². The first kappa shape index (κ1) is 37.8. The Labute approximate surface area is 303 Å². The standard InChI is InChI=1S/C38H51N7O5S/c1-24-10-11-25(20-39-31-18-27(37(2,3)4)19-32(34(31)48-8)44-51(9)47)17-30(24)43-35-33-29(40-23-41-35)13-12-28(42-33)16-26-21-45(14-15-49-22-26)36(46)50-38(5,6)7/h10-13,17-19,23,26,39,44H,14-16,20-22H2,1-9H3,(H,40,41,43). The highest BCUT2D eigenvalue weighted by Crippen LogP contribution is 2.39. The summed E-state index contributed by atoms with van der Waals surface area (Å²) in [6.07, 6.45) is 3.43. The highest BCUT2D eigenvalue weighted by molar-refractivity contribution is 7.85.